The largest absolute Gasteiger partial charge is 0.445 e. The molecule has 1 aliphatic rings. The van der Waals surface area contributed by atoms with E-state index >= 15 is 0 Å². The number of carbonyl (C=O) groups excluding carboxylic acids is 1. The number of rotatable bonds is 5. The number of amides is 1. The zero-order valence-corrected chi connectivity index (χ0v) is 10.5. The van der Waals surface area contributed by atoms with E-state index in [0.29, 0.717) is 19.2 Å². The first kappa shape index (κ1) is 12.9. The van der Waals surface area contributed by atoms with Crippen molar-refractivity contribution in [3.63, 3.8) is 0 Å². The van der Waals surface area contributed by atoms with Gasteiger partial charge in [-0.05, 0) is 31.4 Å². The van der Waals surface area contributed by atoms with Crippen molar-refractivity contribution in [3.8, 4) is 0 Å². The Labute approximate surface area is 108 Å². The molecule has 1 amide bonds. The highest BCUT2D eigenvalue weighted by molar-refractivity contribution is 5.67. The Balaban J connectivity index is 1.57. The van der Waals surface area contributed by atoms with E-state index in [-0.39, 0.29) is 6.09 Å². The second kappa shape index (κ2) is 7.01. The van der Waals surface area contributed by atoms with Gasteiger partial charge in [0.05, 0.1) is 0 Å². The fourth-order valence-corrected chi connectivity index (χ4v) is 2.13. The van der Waals surface area contributed by atoms with Crippen LogP contribution in [0.3, 0.4) is 0 Å². The van der Waals surface area contributed by atoms with Crippen molar-refractivity contribution in [2.45, 2.75) is 31.9 Å². The molecule has 4 heteroatoms. The second-order valence-corrected chi connectivity index (χ2v) is 4.57. The third-order valence-electron chi connectivity index (χ3n) is 3.14. The topological polar surface area (TPSA) is 50.4 Å². The Bertz CT molecular complexity index is 361. The average Bonchev–Trinajstić information content (AvgIpc) is 2.91. The van der Waals surface area contributed by atoms with Crippen molar-refractivity contribution in [1.82, 2.24) is 10.6 Å². The smallest absolute Gasteiger partial charge is 0.407 e. The first-order chi connectivity index (χ1) is 8.84. The molecule has 0 saturated carbocycles. The first-order valence-electron chi connectivity index (χ1n) is 6.52. The van der Waals surface area contributed by atoms with Crippen molar-refractivity contribution in [2.75, 3.05) is 13.1 Å². The van der Waals surface area contributed by atoms with E-state index < -0.39 is 0 Å². The van der Waals surface area contributed by atoms with Gasteiger partial charge in [-0.2, -0.15) is 0 Å². The van der Waals surface area contributed by atoms with Crippen molar-refractivity contribution >= 4 is 6.09 Å². The zero-order chi connectivity index (χ0) is 12.6. The third-order valence-corrected chi connectivity index (χ3v) is 3.14. The summed E-state index contributed by atoms with van der Waals surface area (Å²) in [6, 6.07) is 10.2. The third kappa shape index (κ3) is 4.37. The lowest BCUT2D eigenvalue weighted by Crippen LogP contribution is -2.30. The van der Waals surface area contributed by atoms with Crippen LogP contribution >= 0.6 is 0 Å². The zero-order valence-electron chi connectivity index (χ0n) is 10.5. The van der Waals surface area contributed by atoms with Crippen LogP contribution in [0, 0.1) is 0 Å². The van der Waals surface area contributed by atoms with Gasteiger partial charge in [-0.25, -0.2) is 4.79 Å². The van der Waals surface area contributed by atoms with Crippen molar-refractivity contribution in [3.05, 3.63) is 35.9 Å². The van der Waals surface area contributed by atoms with Gasteiger partial charge in [0, 0.05) is 12.6 Å². The summed E-state index contributed by atoms with van der Waals surface area (Å²) in [5.74, 6) is 0. The monoisotopic (exact) mass is 248 g/mol. The maximum Gasteiger partial charge on any atom is 0.407 e. The molecule has 1 aromatic rings. The summed E-state index contributed by atoms with van der Waals surface area (Å²) < 4.78 is 5.12. The lowest BCUT2D eigenvalue weighted by atomic mass is 10.2. The molecule has 0 aliphatic carbocycles. The second-order valence-electron chi connectivity index (χ2n) is 4.57. The van der Waals surface area contributed by atoms with Crippen LogP contribution in [-0.4, -0.2) is 25.2 Å². The summed E-state index contributed by atoms with van der Waals surface area (Å²) in [5.41, 5.74) is 1.00. The molecular formula is C14H20N2O2. The van der Waals surface area contributed by atoms with Crippen LogP contribution in [0.2, 0.25) is 0 Å². The lowest BCUT2D eigenvalue weighted by molar-refractivity contribution is 0.139. The van der Waals surface area contributed by atoms with Crippen molar-refractivity contribution in [2.24, 2.45) is 0 Å². The standard InChI is InChI=1S/C14H20N2O2/c17-14(16-10-8-13-7-4-9-15-13)18-11-12-5-2-1-3-6-12/h1-3,5-6,13,15H,4,7-11H2,(H,16,17)/t13-/m0/s1. The molecule has 1 aromatic carbocycles. The maximum absolute atomic E-state index is 11.4. The maximum atomic E-state index is 11.4. The molecule has 0 spiro atoms. The van der Waals surface area contributed by atoms with Gasteiger partial charge in [-0.3, -0.25) is 0 Å². The fraction of sp³-hybridized carbons (Fsp3) is 0.500. The van der Waals surface area contributed by atoms with Crippen LogP contribution in [0.15, 0.2) is 30.3 Å². The highest BCUT2D eigenvalue weighted by Crippen LogP contribution is 2.07. The minimum absolute atomic E-state index is 0.328. The Kier molecular flexibility index (Phi) is 5.02. The minimum atomic E-state index is -0.336. The summed E-state index contributed by atoms with van der Waals surface area (Å²) in [6.07, 6.45) is 3.08. The number of alkyl carbamates (subject to hydrolysis) is 1. The van der Waals surface area contributed by atoms with Gasteiger partial charge in [0.15, 0.2) is 0 Å². The summed E-state index contributed by atoms with van der Waals surface area (Å²) in [6.45, 7) is 2.10. The van der Waals surface area contributed by atoms with Crippen molar-refractivity contribution in [1.29, 1.82) is 0 Å². The predicted molar refractivity (Wildman–Crippen MR) is 70.3 cm³/mol. The average molecular weight is 248 g/mol. The van der Waals surface area contributed by atoms with E-state index in [0.717, 1.165) is 18.5 Å². The van der Waals surface area contributed by atoms with E-state index in [2.05, 4.69) is 10.6 Å². The van der Waals surface area contributed by atoms with Gasteiger partial charge in [-0.1, -0.05) is 30.3 Å². The van der Waals surface area contributed by atoms with Crippen LogP contribution in [0.1, 0.15) is 24.8 Å². The molecule has 0 unspecified atom stereocenters. The van der Waals surface area contributed by atoms with Crippen LogP contribution in [-0.2, 0) is 11.3 Å². The molecule has 0 bridgehead atoms. The minimum Gasteiger partial charge on any atom is -0.445 e. The van der Waals surface area contributed by atoms with E-state index in [1.807, 2.05) is 30.3 Å². The highest BCUT2D eigenvalue weighted by Gasteiger charge is 2.13. The van der Waals surface area contributed by atoms with Gasteiger partial charge >= 0.3 is 6.09 Å². The van der Waals surface area contributed by atoms with Crippen LogP contribution in [0.4, 0.5) is 4.79 Å². The number of hydrogen-bond acceptors (Lipinski definition) is 3. The van der Waals surface area contributed by atoms with Gasteiger partial charge in [0.1, 0.15) is 6.61 Å². The molecular weight excluding hydrogens is 228 g/mol. The molecule has 1 heterocycles. The molecule has 2 rings (SSSR count). The van der Waals surface area contributed by atoms with E-state index in [1.54, 1.807) is 0 Å². The Morgan fingerprint density at radius 3 is 2.94 bits per heavy atom. The molecule has 0 radical (unpaired) electrons. The summed E-state index contributed by atoms with van der Waals surface area (Å²) >= 11 is 0. The molecule has 18 heavy (non-hydrogen) atoms. The van der Waals surface area contributed by atoms with Gasteiger partial charge < -0.3 is 15.4 Å². The summed E-state index contributed by atoms with van der Waals surface area (Å²) in [5, 5.41) is 6.17. The molecule has 98 valence electrons. The molecule has 4 nitrogen and oxygen atoms in total. The van der Waals surface area contributed by atoms with Gasteiger partial charge in [0.2, 0.25) is 0 Å². The Morgan fingerprint density at radius 1 is 1.39 bits per heavy atom. The first-order valence-corrected chi connectivity index (χ1v) is 6.52. The number of hydrogen-bond donors (Lipinski definition) is 2. The normalized spacial score (nSPS) is 18.6. The van der Waals surface area contributed by atoms with Gasteiger partial charge in [0.25, 0.3) is 0 Å². The number of nitrogens with one attached hydrogen (secondary N) is 2. The molecule has 1 fully saturated rings. The highest BCUT2D eigenvalue weighted by atomic mass is 16.5. The quantitative estimate of drug-likeness (QED) is 0.838. The van der Waals surface area contributed by atoms with E-state index in [9.17, 15) is 4.79 Å². The number of ether oxygens (including phenoxy) is 1. The van der Waals surface area contributed by atoms with E-state index in [4.69, 9.17) is 4.74 Å². The molecule has 0 aromatic heterocycles. The summed E-state index contributed by atoms with van der Waals surface area (Å²) in [4.78, 5) is 11.4. The Hall–Kier alpha value is -1.55. The lowest BCUT2D eigenvalue weighted by Gasteiger charge is -2.11. The van der Waals surface area contributed by atoms with Crippen LogP contribution < -0.4 is 10.6 Å². The van der Waals surface area contributed by atoms with Crippen molar-refractivity contribution < 1.29 is 9.53 Å². The molecule has 1 atom stereocenters. The molecule has 1 saturated heterocycles. The van der Waals surface area contributed by atoms with Gasteiger partial charge in [-0.15, -0.1) is 0 Å². The molecule has 1 aliphatic heterocycles. The summed E-state index contributed by atoms with van der Waals surface area (Å²) in [7, 11) is 0. The fourth-order valence-electron chi connectivity index (χ4n) is 2.13. The van der Waals surface area contributed by atoms with E-state index in [1.165, 1.54) is 12.8 Å². The number of benzene rings is 1. The molecule has 2 N–H and O–H groups in total. The predicted octanol–water partition coefficient (Wildman–Crippen LogP) is 2.05. The van der Waals surface area contributed by atoms with Crippen LogP contribution in [0.25, 0.3) is 0 Å². The van der Waals surface area contributed by atoms with Crippen LogP contribution in [0.5, 0.6) is 0 Å². The number of carbonyl (C=O) groups is 1. The Morgan fingerprint density at radius 2 is 2.22 bits per heavy atom. The SMILES string of the molecule is O=C(NCC[C@@H]1CCCN1)OCc1ccccc1.